The highest BCUT2D eigenvalue weighted by Crippen LogP contribution is 2.34. The number of alkyl halides is 3. The van der Waals surface area contributed by atoms with E-state index in [0.29, 0.717) is 21.4 Å². The molecule has 0 bridgehead atoms. The van der Waals surface area contributed by atoms with Crippen LogP contribution in [0.3, 0.4) is 0 Å². The van der Waals surface area contributed by atoms with E-state index in [4.69, 9.17) is 28.5 Å². The van der Waals surface area contributed by atoms with E-state index in [1.165, 1.54) is 18.2 Å². The highest BCUT2D eigenvalue weighted by molar-refractivity contribution is 6.36. The largest absolute Gasteiger partial charge is 0.417 e. The highest BCUT2D eigenvalue weighted by Gasteiger charge is 2.33. The number of nitrogens with zero attached hydrogens (tertiary/aromatic N) is 1. The molecule has 2 aromatic rings. The summed E-state index contributed by atoms with van der Waals surface area (Å²) in [5, 5.41) is 12.4. The standard InChI is InChI=1S/C14H7Cl2F3N2/c15-9-1-4-13(12(16)6-9)21-10-2-3-11(14(17,18)19)8(5-10)7-20/h1-6,21H. The number of nitrogens with one attached hydrogen (secondary N) is 1. The van der Waals surface area contributed by atoms with Crippen LogP contribution in [0.15, 0.2) is 36.4 Å². The van der Waals surface area contributed by atoms with Gasteiger partial charge in [0.25, 0.3) is 0 Å². The third kappa shape index (κ3) is 3.60. The summed E-state index contributed by atoms with van der Waals surface area (Å²) in [6.45, 7) is 0. The Hall–Kier alpha value is -1.90. The Morgan fingerprint density at radius 2 is 1.76 bits per heavy atom. The molecule has 0 heterocycles. The molecule has 0 atom stereocenters. The van der Waals surface area contributed by atoms with Crippen LogP contribution >= 0.6 is 23.2 Å². The predicted octanol–water partition coefficient (Wildman–Crippen LogP) is 5.63. The number of benzene rings is 2. The lowest BCUT2D eigenvalue weighted by molar-refractivity contribution is -0.137. The Morgan fingerprint density at radius 3 is 2.33 bits per heavy atom. The molecule has 0 aliphatic carbocycles. The maximum atomic E-state index is 12.7. The Bertz CT molecular complexity index is 721. The van der Waals surface area contributed by atoms with Crippen molar-refractivity contribution in [1.82, 2.24) is 0 Å². The predicted molar refractivity (Wildman–Crippen MR) is 75.9 cm³/mol. The lowest BCUT2D eigenvalue weighted by atomic mass is 10.1. The minimum Gasteiger partial charge on any atom is -0.354 e. The molecule has 2 aromatic carbocycles. The van der Waals surface area contributed by atoms with E-state index < -0.39 is 17.3 Å². The van der Waals surface area contributed by atoms with Crippen molar-refractivity contribution in [1.29, 1.82) is 5.26 Å². The Labute approximate surface area is 128 Å². The van der Waals surface area contributed by atoms with E-state index in [1.807, 2.05) is 0 Å². The van der Waals surface area contributed by atoms with Gasteiger partial charge in [0.2, 0.25) is 0 Å². The van der Waals surface area contributed by atoms with Gasteiger partial charge in [0.1, 0.15) is 0 Å². The maximum Gasteiger partial charge on any atom is 0.417 e. The molecule has 0 aliphatic rings. The molecule has 2 rings (SSSR count). The monoisotopic (exact) mass is 330 g/mol. The normalized spacial score (nSPS) is 11.0. The molecule has 0 saturated heterocycles. The van der Waals surface area contributed by atoms with E-state index in [2.05, 4.69) is 5.32 Å². The van der Waals surface area contributed by atoms with Crippen LogP contribution in [0.5, 0.6) is 0 Å². The van der Waals surface area contributed by atoms with Gasteiger partial charge in [-0.3, -0.25) is 0 Å². The van der Waals surface area contributed by atoms with Crippen LogP contribution in [0.2, 0.25) is 10.0 Å². The number of hydrogen-bond acceptors (Lipinski definition) is 2. The molecule has 0 radical (unpaired) electrons. The smallest absolute Gasteiger partial charge is 0.354 e. The fourth-order valence-electron chi connectivity index (χ4n) is 1.71. The molecule has 0 aromatic heterocycles. The molecule has 0 saturated carbocycles. The minimum atomic E-state index is -4.57. The fourth-order valence-corrected chi connectivity index (χ4v) is 2.16. The van der Waals surface area contributed by atoms with Gasteiger partial charge in [-0.05, 0) is 36.4 Å². The second-order valence-corrected chi connectivity index (χ2v) is 4.96. The summed E-state index contributed by atoms with van der Waals surface area (Å²) in [5.74, 6) is 0. The van der Waals surface area contributed by atoms with E-state index >= 15 is 0 Å². The van der Waals surface area contributed by atoms with Crippen molar-refractivity contribution in [3.8, 4) is 6.07 Å². The molecule has 0 aliphatic heterocycles. The van der Waals surface area contributed by atoms with Crippen LogP contribution in [0, 0.1) is 11.3 Å². The molecular weight excluding hydrogens is 324 g/mol. The molecule has 0 unspecified atom stereocenters. The Kier molecular flexibility index (Phi) is 4.31. The van der Waals surface area contributed by atoms with Gasteiger partial charge in [-0.25, -0.2) is 0 Å². The lowest BCUT2D eigenvalue weighted by Crippen LogP contribution is -2.08. The first kappa shape index (κ1) is 15.5. The first-order valence-electron chi connectivity index (χ1n) is 5.64. The van der Waals surface area contributed by atoms with Crippen LogP contribution in [0.25, 0.3) is 0 Å². The first-order valence-corrected chi connectivity index (χ1v) is 6.40. The van der Waals surface area contributed by atoms with Gasteiger partial charge in [0, 0.05) is 10.7 Å². The van der Waals surface area contributed by atoms with Crippen LogP contribution in [0.4, 0.5) is 24.5 Å². The quantitative estimate of drug-likeness (QED) is 0.774. The molecule has 7 heteroatoms. The summed E-state index contributed by atoms with van der Waals surface area (Å²) in [6, 6.07) is 9.42. The van der Waals surface area contributed by atoms with Gasteiger partial charge >= 0.3 is 6.18 Å². The van der Waals surface area contributed by atoms with Gasteiger partial charge in [0.15, 0.2) is 0 Å². The highest BCUT2D eigenvalue weighted by atomic mass is 35.5. The van der Waals surface area contributed by atoms with Crippen molar-refractivity contribution in [2.45, 2.75) is 6.18 Å². The lowest BCUT2D eigenvalue weighted by Gasteiger charge is -2.12. The van der Waals surface area contributed by atoms with Gasteiger partial charge in [-0.1, -0.05) is 23.2 Å². The minimum absolute atomic E-state index is 0.320. The number of rotatable bonds is 2. The number of nitriles is 1. The van der Waals surface area contributed by atoms with Gasteiger partial charge in [0.05, 0.1) is 27.9 Å². The van der Waals surface area contributed by atoms with Crippen molar-refractivity contribution in [3.63, 3.8) is 0 Å². The molecule has 0 fully saturated rings. The third-order valence-electron chi connectivity index (χ3n) is 2.66. The van der Waals surface area contributed by atoms with Crippen molar-refractivity contribution in [2.24, 2.45) is 0 Å². The van der Waals surface area contributed by atoms with Crippen molar-refractivity contribution < 1.29 is 13.2 Å². The molecular formula is C14H7Cl2F3N2. The molecule has 0 amide bonds. The Morgan fingerprint density at radius 1 is 1.05 bits per heavy atom. The molecule has 108 valence electrons. The van der Waals surface area contributed by atoms with Crippen molar-refractivity contribution >= 4 is 34.6 Å². The number of hydrogen-bond donors (Lipinski definition) is 1. The fraction of sp³-hybridized carbons (Fsp3) is 0.0714. The van der Waals surface area contributed by atoms with Crippen LogP contribution < -0.4 is 5.32 Å². The number of anilines is 2. The van der Waals surface area contributed by atoms with E-state index in [9.17, 15) is 13.2 Å². The molecule has 0 spiro atoms. The maximum absolute atomic E-state index is 12.7. The summed E-state index contributed by atoms with van der Waals surface area (Å²) in [4.78, 5) is 0. The van der Waals surface area contributed by atoms with E-state index in [-0.39, 0.29) is 0 Å². The second kappa shape index (κ2) is 5.84. The van der Waals surface area contributed by atoms with Gasteiger partial charge in [-0.15, -0.1) is 0 Å². The molecule has 2 nitrogen and oxygen atoms in total. The molecule has 1 N–H and O–H groups in total. The summed E-state index contributed by atoms with van der Waals surface area (Å²) in [5.41, 5.74) is -0.635. The van der Waals surface area contributed by atoms with Gasteiger partial charge < -0.3 is 5.32 Å². The first-order chi connectivity index (χ1) is 9.81. The second-order valence-electron chi connectivity index (χ2n) is 4.12. The number of halogens is 5. The van der Waals surface area contributed by atoms with Gasteiger partial charge in [-0.2, -0.15) is 18.4 Å². The Balaban J connectivity index is 2.36. The van der Waals surface area contributed by atoms with Crippen LogP contribution in [-0.4, -0.2) is 0 Å². The molecule has 21 heavy (non-hydrogen) atoms. The van der Waals surface area contributed by atoms with Crippen molar-refractivity contribution in [3.05, 3.63) is 57.6 Å². The SMILES string of the molecule is N#Cc1cc(Nc2ccc(Cl)cc2Cl)ccc1C(F)(F)F. The van der Waals surface area contributed by atoms with Crippen LogP contribution in [-0.2, 0) is 6.18 Å². The topological polar surface area (TPSA) is 35.8 Å². The zero-order valence-corrected chi connectivity index (χ0v) is 11.8. The zero-order valence-electron chi connectivity index (χ0n) is 10.3. The van der Waals surface area contributed by atoms with Crippen molar-refractivity contribution in [2.75, 3.05) is 5.32 Å². The van der Waals surface area contributed by atoms with E-state index in [1.54, 1.807) is 12.1 Å². The summed E-state index contributed by atoms with van der Waals surface area (Å²) in [6.07, 6.45) is -4.57. The van der Waals surface area contributed by atoms with Crippen LogP contribution in [0.1, 0.15) is 11.1 Å². The summed E-state index contributed by atoms with van der Waals surface area (Å²) in [7, 11) is 0. The average molecular weight is 331 g/mol. The zero-order chi connectivity index (χ0) is 15.6. The van der Waals surface area contributed by atoms with E-state index in [0.717, 1.165) is 12.1 Å². The third-order valence-corrected chi connectivity index (χ3v) is 3.20. The summed E-state index contributed by atoms with van der Waals surface area (Å²) >= 11 is 11.7. The average Bonchev–Trinajstić information content (AvgIpc) is 2.40. The summed E-state index contributed by atoms with van der Waals surface area (Å²) < 4.78 is 38.1.